The van der Waals surface area contributed by atoms with Gasteiger partial charge in [-0.1, -0.05) is 43.7 Å². The molecule has 1 unspecified atom stereocenters. The lowest BCUT2D eigenvalue weighted by molar-refractivity contribution is 0.0953. The van der Waals surface area contributed by atoms with Crippen LogP contribution in [0.2, 0.25) is 0 Å². The first-order chi connectivity index (χ1) is 16.7. The number of rotatable bonds is 9. The number of benzene rings is 1. The molecule has 1 fully saturated rings. The first-order valence-electron chi connectivity index (χ1n) is 12.4. The van der Waals surface area contributed by atoms with Gasteiger partial charge in [0, 0.05) is 12.1 Å². The SMILES string of the molecule is CCN(CC)CCCNC(=O)c1cc(-c2ccc(C)cc2)nc2c1c(C)nn2C1CCS(=O)(=O)C1. The third-order valence-electron chi connectivity index (χ3n) is 6.81. The number of nitrogens with one attached hydrogen (secondary N) is 1. The lowest BCUT2D eigenvalue weighted by atomic mass is 10.0. The summed E-state index contributed by atoms with van der Waals surface area (Å²) in [4.78, 5) is 20.6. The summed E-state index contributed by atoms with van der Waals surface area (Å²) in [6, 6.07) is 9.56. The van der Waals surface area contributed by atoms with Gasteiger partial charge >= 0.3 is 0 Å². The summed E-state index contributed by atoms with van der Waals surface area (Å²) in [5.41, 5.74) is 4.48. The molecule has 188 valence electrons. The Morgan fingerprint density at radius 3 is 2.51 bits per heavy atom. The van der Waals surface area contributed by atoms with Crippen molar-refractivity contribution in [1.29, 1.82) is 0 Å². The second-order valence-electron chi connectivity index (χ2n) is 9.34. The van der Waals surface area contributed by atoms with Crippen molar-refractivity contribution in [3.8, 4) is 11.3 Å². The molecule has 2 aromatic heterocycles. The second kappa shape index (κ2) is 10.5. The van der Waals surface area contributed by atoms with Gasteiger partial charge in [0.2, 0.25) is 0 Å². The van der Waals surface area contributed by atoms with Gasteiger partial charge < -0.3 is 10.2 Å². The summed E-state index contributed by atoms with van der Waals surface area (Å²) in [5.74, 6) is 0.0364. The average Bonchev–Trinajstić information content (AvgIpc) is 3.37. The van der Waals surface area contributed by atoms with Crippen LogP contribution in [0.15, 0.2) is 30.3 Å². The van der Waals surface area contributed by atoms with Gasteiger partial charge in [-0.2, -0.15) is 5.10 Å². The molecule has 0 saturated carbocycles. The maximum atomic E-state index is 13.4. The van der Waals surface area contributed by atoms with Crippen LogP contribution >= 0.6 is 0 Å². The van der Waals surface area contributed by atoms with Gasteiger partial charge in [-0.25, -0.2) is 18.1 Å². The minimum Gasteiger partial charge on any atom is -0.352 e. The monoisotopic (exact) mass is 497 g/mol. The largest absolute Gasteiger partial charge is 0.352 e. The molecule has 0 aliphatic carbocycles. The number of carbonyl (C=O) groups is 1. The van der Waals surface area contributed by atoms with Crippen LogP contribution in [0.1, 0.15) is 54.3 Å². The Morgan fingerprint density at radius 2 is 1.89 bits per heavy atom. The van der Waals surface area contributed by atoms with E-state index in [1.807, 2.05) is 44.2 Å². The van der Waals surface area contributed by atoms with E-state index in [4.69, 9.17) is 4.98 Å². The highest BCUT2D eigenvalue weighted by Gasteiger charge is 2.32. The Labute approximate surface area is 207 Å². The van der Waals surface area contributed by atoms with Gasteiger partial charge in [-0.3, -0.25) is 4.79 Å². The molecule has 1 atom stereocenters. The Balaban J connectivity index is 1.72. The number of carbonyl (C=O) groups excluding carboxylic acids is 1. The zero-order chi connectivity index (χ0) is 25.2. The Hall–Kier alpha value is -2.78. The Kier molecular flexibility index (Phi) is 7.56. The van der Waals surface area contributed by atoms with E-state index in [0.29, 0.717) is 41.0 Å². The van der Waals surface area contributed by atoms with E-state index in [1.165, 1.54) is 0 Å². The van der Waals surface area contributed by atoms with Gasteiger partial charge in [0.25, 0.3) is 5.91 Å². The molecule has 1 aliphatic heterocycles. The predicted octanol–water partition coefficient (Wildman–Crippen LogP) is 3.54. The van der Waals surface area contributed by atoms with Crippen molar-refractivity contribution in [3.63, 3.8) is 0 Å². The van der Waals surface area contributed by atoms with Crippen LogP contribution in [-0.4, -0.2) is 71.7 Å². The zero-order valence-electron chi connectivity index (χ0n) is 21.0. The summed E-state index contributed by atoms with van der Waals surface area (Å²) in [7, 11) is -3.09. The highest BCUT2D eigenvalue weighted by Crippen LogP contribution is 2.32. The number of fused-ring (bicyclic) bond motifs is 1. The fourth-order valence-corrected chi connectivity index (χ4v) is 6.42. The fourth-order valence-electron chi connectivity index (χ4n) is 4.73. The van der Waals surface area contributed by atoms with E-state index in [-0.39, 0.29) is 23.5 Å². The Bertz CT molecular complexity index is 1310. The van der Waals surface area contributed by atoms with Crippen LogP contribution in [0.3, 0.4) is 0 Å². The third-order valence-corrected chi connectivity index (χ3v) is 8.56. The van der Waals surface area contributed by atoms with E-state index >= 15 is 0 Å². The molecule has 3 aromatic rings. The number of aryl methyl sites for hydroxylation is 2. The van der Waals surface area contributed by atoms with Crippen molar-refractivity contribution in [2.75, 3.05) is 37.7 Å². The van der Waals surface area contributed by atoms with Crippen LogP contribution in [-0.2, 0) is 9.84 Å². The molecule has 0 spiro atoms. The van der Waals surface area contributed by atoms with E-state index in [2.05, 4.69) is 29.2 Å². The number of pyridine rings is 1. The number of hydrogen-bond donors (Lipinski definition) is 1. The topological polar surface area (TPSA) is 97.2 Å². The van der Waals surface area contributed by atoms with Crippen LogP contribution in [0.4, 0.5) is 0 Å². The van der Waals surface area contributed by atoms with Crippen molar-refractivity contribution >= 4 is 26.8 Å². The smallest absolute Gasteiger partial charge is 0.252 e. The lowest BCUT2D eigenvalue weighted by Gasteiger charge is -2.17. The summed E-state index contributed by atoms with van der Waals surface area (Å²) in [6.45, 7) is 11.6. The number of nitrogens with zero attached hydrogens (tertiary/aromatic N) is 4. The van der Waals surface area contributed by atoms with Gasteiger partial charge in [-0.15, -0.1) is 0 Å². The first kappa shape index (κ1) is 25.3. The molecule has 1 N–H and O–H groups in total. The molecule has 3 heterocycles. The van der Waals surface area contributed by atoms with E-state index in [1.54, 1.807) is 4.68 Å². The van der Waals surface area contributed by atoms with Crippen LogP contribution < -0.4 is 5.32 Å². The maximum absolute atomic E-state index is 13.4. The van der Waals surface area contributed by atoms with E-state index < -0.39 is 9.84 Å². The number of hydrogen-bond acceptors (Lipinski definition) is 6. The lowest BCUT2D eigenvalue weighted by Crippen LogP contribution is -2.30. The number of amides is 1. The van der Waals surface area contributed by atoms with Crippen molar-refractivity contribution in [2.45, 2.75) is 46.6 Å². The second-order valence-corrected chi connectivity index (χ2v) is 11.6. The van der Waals surface area contributed by atoms with Gasteiger partial charge in [0.15, 0.2) is 15.5 Å². The standard InChI is InChI=1S/C26H35N5O3S/c1-5-30(6-2)14-7-13-27-26(32)22-16-23(20-10-8-18(3)9-11-20)28-25-24(22)19(4)29-31(25)21-12-15-35(33,34)17-21/h8-11,16,21H,5-7,12-15,17H2,1-4H3,(H,27,32). The highest BCUT2D eigenvalue weighted by molar-refractivity contribution is 7.91. The van der Waals surface area contributed by atoms with Gasteiger partial charge in [-0.05, 0) is 52.4 Å². The first-order valence-corrected chi connectivity index (χ1v) is 14.2. The van der Waals surface area contributed by atoms with Crippen molar-refractivity contribution in [2.24, 2.45) is 0 Å². The number of aromatic nitrogens is 3. The quantitative estimate of drug-likeness (QED) is 0.454. The minimum atomic E-state index is -3.09. The molecule has 1 aromatic carbocycles. The van der Waals surface area contributed by atoms with Crippen LogP contribution in [0, 0.1) is 13.8 Å². The summed E-state index contributed by atoms with van der Waals surface area (Å²) in [6.07, 6.45) is 1.37. The molecule has 4 rings (SSSR count). The summed E-state index contributed by atoms with van der Waals surface area (Å²) >= 11 is 0. The normalized spacial score (nSPS) is 17.3. The zero-order valence-corrected chi connectivity index (χ0v) is 21.9. The summed E-state index contributed by atoms with van der Waals surface area (Å²) < 4.78 is 26.0. The maximum Gasteiger partial charge on any atom is 0.252 e. The van der Waals surface area contributed by atoms with Crippen LogP contribution in [0.5, 0.6) is 0 Å². The van der Waals surface area contributed by atoms with E-state index in [9.17, 15) is 13.2 Å². The van der Waals surface area contributed by atoms with Crippen molar-refractivity contribution < 1.29 is 13.2 Å². The highest BCUT2D eigenvalue weighted by atomic mass is 32.2. The molecule has 1 amide bonds. The average molecular weight is 498 g/mol. The minimum absolute atomic E-state index is 0.0482. The molecule has 0 bridgehead atoms. The van der Waals surface area contributed by atoms with E-state index in [0.717, 1.165) is 37.2 Å². The molecule has 1 aliphatic rings. The summed E-state index contributed by atoms with van der Waals surface area (Å²) in [5, 5.41) is 8.44. The fraction of sp³-hybridized carbons (Fsp3) is 0.500. The molecule has 0 radical (unpaired) electrons. The van der Waals surface area contributed by atoms with Crippen molar-refractivity contribution in [3.05, 3.63) is 47.2 Å². The molecular weight excluding hydrogens is 462 g/mol. The predicted molar refractivity (Wildman–Crippen MR) is 139 cm³/mol. The number of sulfone groups is 1. The molecule has 35 heavy (non-hydrogen) atoms. The molecule has 8 nitrogen and oxygen atoms in total. The van der Waals surface area contributed by atoms with Gasteiger partial charge in [0.05, 0.1) is 39.9 Å². The van der Waals surface area contributed by atoms with Gasteiger partial charge in [0.1, 0.15) is 0 Å². The molecule has 1 saturated heterocycles. The molecular formula is C26H35N5O3S. The molecule has 9 heteroatoms. The Morgan fingerprint density at radius 1 is 1.17 bits per heavy atom. The van der Waals surface area contributed by atoms with Crippen LogP contribution in [0.25, 0.3) is 22.3 Å². The third kappa shape index (κ3) is 5.56. The van der Waals surface area contributed by atoms with Crippen molar-refractivity contribution in [1.82, 2.24) is 25.0 Å².